The minimum atomic E-state index is -1.01. The molecular formula is C23H27ClN2O5S. The molecule has 9 heteroatoms. The van der Waals surface area contributed by atoms with Crippen LogP contribution in [-0.4, -0.2) is 68.1 Å². The summed E-state index contributed by atoms with van der Waals surface area (Å²) in [5.41, 5.74) is 1.35. The van der Waals surface area contributed by atoms with Crippen LogP contribution in [0.25, 0.3) is 0 Å². The van der Waals surface area contributed by atoms with Crippen molar-refractivity contribution in [3.8, 4) is 0 Å². The highest BCUT2D eigenvalue weighted by atomic mass is 35.5. The molecule has 2 bridgehead atoms. The quantitative estimate of drug-likeness (QED) is 0.585. The van der Waals surface area contributed by atoms with Crippen molar-refractivity contribution in [3.05, 3.63) is 41.4 Å². The van der Waals surface area contributed by atoms with Gasteiger partial charge in [-0.1, -0.05) is 29.8 Å². The summed E-state index contributed by atoms with van der Waals surface area (Å²) in [5, 5.41) is 20.1. The molecule has 1 spiro atoms. The number of rotatable bonds is 7. The van der Waals surface area contributed by atoms with Crippen molar-refractivity contribution >= 4 is 46.8 Å². The Morgan fingerprint density at radius 2 is 2.12 bits per heavy atom. The third-order valence-electron chi connectivity index (χ3n) is 7.15. The van der Waals surface area contributed by atoms with E-state index >= 15 is 0 Å². The van der Waals surface area contributed by atoms with E-state index in [4.69, 9.17) is 11.6 Å². The number of β-amino-alcohol motifs (C(OH)–C–C–N with tert-alkyl or cyclic N) is 1. The Morgan fingerprint density at radius 3 is 2.72 bits per heavy atom. The van der Waals surface area contributed by atoms with E-state index in [1.165, 1.54) is 21.6 Å². The smallest absolute Gasteiger partial charge is 0.308 e. The molecule has 32 heavy (non-hydrogen) atoms. The molecule has 5 atom stereocenters. The highest BCUT2D eigenvalue weighted by Crippen LogP contribution is 2.71. The van der Waals surface area contributed by atoms with Gasteiger partial charge in [-0.05, 0) is 38.3 Å². The molecule has 0 aliphatic carbocycles. The third kappa shape index (κ3) is 3.10. The Hall–Kier alpha value is -2.03. The number of carboxylic acids is 1. The van der Waals surface area contributed by atoms with Crippen molar-refractivity contribution in [1.29, 1.82) is 0 Å². The summed E-state index contributed by atoms with van der Waals surface area (Å²) in [4.78, 5) is 42.8. The Balaban J connectivity index is 1.84. The van der Waals surface area contributed by atoms with Crippen LogP contribution >= 0.6 is 23.4 Å². The zero-order valence-corrected chi connectivity index (χ0v) is 19.7. The summed E-state index contributed by atoms with van der Waals surface area (Å²) in [6.45, 7) is 7.37. The maximum atomic E-state index is 14.2. The zero-order valence-electron chi connectivity index (χ0n) is 18.1. The molecule has 0 aromatic heterocycles. The summed E-state index contributed by atoms with van der Waals surface area (Å²) in [6.07, 6.45) is 2.78. The topological polar surface area (TPSA) is 98.2 Å². The summed E-state index contributed by atoms with van der Waals surface area (Å²) in [5.74, 6) is -3.38. The molecule has 7 nitrogen and oxygen atoms in total. The first-order chi connectivity index (χ1) is 15.1. The average molecular weight is 479 g/mol. The van der Waals surface area contributed by atoms with Crippen molar-refractivity contribution in [2.75, 3.05) is 24.6 Å². The van der Waals surface area contributed by atoms with Crippen molar-refractivity contribution in [2.24, 2.45) is 11.8 Å². The van der Waals surface area contributed by atoms with Gasteiger partial charge in [-0.15, -0.1) is 18.3 Å². The molecule has 3 aliphatic rings. The SMILES string of the molecule is C=CCN(C(=O)C1N(CCO)C(=O)[C@@H]2[C@H](C(=O)O)[C@]3(C)CCC12S3)c1c(C)cccc1Cl. The van der Waals surface area contributed by atoms with Gasteiger partial charge in [0.1, 0.15) is 6.04 Å². The molecule has 2 unspecified atom stereocenters. The molecule has 172 valence electrons. The van der Waals surface area contributed by atoms with Gasteiger partial charge in [-0.3, -0.25) is 14.4 Å². The van der Waals surface area contributed by atoms with Gasteiger partial charge in [0.2, 0.25) is 5.91 Å². The highest BCUT2D eigenvalue weighted by Gasteiger charge is 2.77. The van der Waals surface area contributed by atoms with Crippen molar-refractivity contribution in [3.63, 3.8) is 0 Å². The fourth-order valence-corrected chi connectivity index (χ4v) is 8.63. The third-order valence-corrected chi connectivity index (χ3v) is 9.44. The van der Waals surface area contributed by atoms with Crippen LogP contribution in [0, 0.1) is 18.8 Å². The van der Waals surface area contributed by atoms with E-state index in [0.29, 0.717) is 23.6 Å². The maximum absolute atomic E-state index is 14.2. The molecule has 0 saturated carbocycles. The summed E-state index contributed by atoms with van der Waals surface area (Å²) in [7, 11) is 0. The number of aliphatic carboxylic acids is 1. The maximum Gasteiger partial charge on any atom is 0.308 e. The molecule has 0 radical (unpaired) electrons. The van der Waals surface area contributed by atoms with Crippen LogP contribution in [0.5, 0.6) is 0 Å². The van der Waals surface area contributed by atoms with Gasteiger partial charge in [0.25, 0.3) is 5.91 Å². The lowest BCUT2D eigenvalue weighted by Gasteiger charge is -2.37. The number of carbonyl (C=O) groups excluding carboxylic acids is 2. The molecule has 1 aromatic carbocycles. The number of aliphatic hydroxyl groups excluding tert-OH is 1. The van der Waals surface area contributed by atoms with Gasteiger partial charge in [0, 0.05) is 17.8 Å². The lowest BCUT2D eigenvalue weighted by molar-refractivity contribution is -0.150. The largest absolute Gasteiger partial charge is 0.481 e. The second-order valence-corrected chi connectivity index (χ2v) is 11.3. The number of carboxylic acid groups (broad SMARTS) is 1. The van der Waals surface area contributed by atoms with E-state index in [1.54, 1.807) is 18.2 Å². The van der Waals surface area contributed by atoms with Crippen molar-refractivity contribution in [1.82, 2.24) is 4.90 Å². The van der Waals surface area contributed by atoms with Gasteiger partial charge in [-0.25, -0.2) is 0 Å². The number of thioether (sulfide) groups is 1. The molecule has 3 heterocycles. The second-order valence-electron chi connectivity index (χ2n) is 8.96. The van der Waals surface area contributed by atoms with Crippen LogP contribution in [-0.2, 0) is 14.4 Å². The molecule has 4 rings (SSSR count). The second kappa shape index (κ2) is 8.08. The number of anilines is 1. The Bertz CT molecular complexity index is 982. The number of aliphatic hydroxyl groups is 1. The number of fused-ring (bicyclic) bond motifs is 1. The first-order valence-electron chi connectivity index (χ1n) is 10.6. The number of aryl methyl sites for hydroxylation is 1. The van der Waals surface area contributed by atoms with Gasteiger partial charge in [0.15, 0.2) is 0 Å². The Kier molecular flexibility index (Phi) is 5.84. The van der Waals surface area contributed by atoms with Crippen molar-refractivity contribution < 1.29 is 24.6 Å². The van der Waals surface area contributed by atoms with E-state index in [2.05, 4.69) is 6.58 Å². The number of hydrogen-bond acceptors (Lipinski definition) is 5. The van der Waals surface area contributed by atoms with Crippen LogP contribution in [0.4, 0.5) is 5.69 Å². The standard InChI is InChI=1S/C23H27ClN2O5S/c1-4-10-25(17-13(2)6-5-7-14(17)24)20(29)18-23-9-8-22(3,32-23)16(21(30)31)15(23)19(28)26(18)11-12-27/h4-7,15-16,18,27H,1,8-12H2,2-3H3,(H,30,31)/t15-,16+,18?,22-,23?/m0/s1. The predicted molar refractivity (Wildman–Crippen MR) is 124 cm³/mol. The van der Waals surface area contributed by atoms with Crippen molar-refractivity contribution in [2.45, 2.75) is 42.2 Å². The molecule has 3 fully saturated rings. The predicted octanol–water partition coefficient (Wildman–Crippen LogP) is 2.73. The molecular weight excluding hydrogens is 452 g/mol. The summed E-state index contributed by atoms with van der Waals surface area (Å²) in [6, 6.07) is 4.47. The van der Waals surface area contributed by atoms with Gasteiger partial charge < -0.3 is 20.0 Å². The van der Waals surface area contributed by atoms with E-state index in [0.717, 1.165) is 5.56 Å². The van der Waals surface area contributed by atoms with Gasteiger partial charge in [0.05, 0.1) is 33.9 Å². The van der Waals surface area contributed by atoms with Crippen LogP contribution in [0.2, 0.25) is 5.02 Å². The van der Waals surface area contributed by atoms with Crippen LogP contribution in [0.3, 0.4) is 0 Å². The number of para-hydroxylation sites is 1. The minimum Gasteiger partial charge on any atom is -0.481 e. The average Bonchev–Trinajstić information content (AvgIpc) is 3.28. The van der Waals surface area contributed by atoms with Crippen LogP contribution in [0.1, 0.15) is 25.3 Å². The number of nitrogens with zero attached hydrogens (tertiary/aromatic N) is 2. The van der Waals surface area contributed by atoms with E-state index in [9.17, 15) is 24.6 Å². The van der Waals surface area contributed by atoms with Crippen LogP contribution in [0.15, 0.2) is 30.9 Å². The molecule has 3 aliphatic heterocycles. The van der Waals surface area contributed by atoms with Crippen LogP contribution < -0.4 is 4.90 Å². The monoisotopic (exact) mass is 478 g/mol. The normalized spacial score (nSPS) is 32.8. The van der Waals surface area contributed by atoms with E-state index < -0.39 is 33.3 Å². The number of hydrogen-bond donors (Lipinski definition) is 2. The number of carbonyl (C=O) groups is 3. The lowest BCUT2D eigenvalue weighted by Crippen LogP contribution is -2.55. The van der Waals surface area contributed by atoms with E-state index in [-0.39, 0.29) is 31.5 Å². The van der Waals surface area contributed by atoms with E-state index in [1.807, 2.05) is 19.9 Å². The van der Waals surface area contributed by atoms with Gasteiger partial charge >= 0.3 is 5.97 Å². The first-order valence-corrected chi connectivity index (χ1v) is 11.8. The molecule has 2 N–H and O–H groups in total. The summed E-state index contributed by atoms with van der Waals surface area (Å²) >= 11 is 7.95. The fourth-order valence-electron chi connectivity index (χ4n) is 5.96. The number of likely N-dealkylation sites (tertiary alicyclic amines) is 1. The number of halogens is 1. The minimum absolute atomic E-state index is 0.0272. The molecule has 3 saturated heterocycles. The zero-order chi connectivity index (χ0) is 23.4. The Labute approximate surface area is 196 Å². The fraction of sp³-hybridized carbons (Fsp3) is 0.522. The highest BCUT2D eigenvalue weighted by molar-refractivity contribution is 8.02. The lowest BCUT2D eigenvalue weighted by atomic mass is 9.66. The number of benzene rings is 1. The van der Waals surface area contributed by atoms with Gasteiger partial charge in [-0.2, -0.15) is 0 Å². The molecule has 1 aromatic rings. The molecule has 2 amide bonds. The number of amides is 2. The first kappa shape index (κ1) is 23.1. The summed E-state index contributed by atoms with van der Waals surface area (Å²) < 4.78 is -1.46. The Morgan fingerprint density at radius 1 is 1.41 bits per heavy atom.